The Morgan fingerprint density at radius 1 is 0.870 bits per heavy atom. The Kier molecular flexibility index (Phi) is 4.15. The Labute approximate surface area is 135 Å². The van der Waals surface area contributed by atoms with Crippen LogP contribution in [0.3, 0.4) is 0 Å². The lowest BCUT2D eigenvalue weighted by Gasteiger charge is -2.25. The molecule has 118 valence electrons. The van der Waals surface area contributed by atoms with E-state index in [-0.39, 0.29) is 5.91 Å². The SMILES string of the molecule is O=C(NC1(C(=O)O)CCCC1)c1ccc(-c2ccccc2)cc1. The number of rotatable bonds is 4. The molecular weight excluding hydrogens is 290 g/mol. The second-order valence-corrected chi connectivity index (χ2v) is 5.99. The zero-order chi connectivity index (χ0) is 16.3. The third-order valence-corrected chi connectivity index (χ3v) is 4.47. The molecule has 4 nitrogen and oxygen atoms in total. The fourth-order valence-corrected chi connectivity index (χ4v) is 3.11. The van der Waals surface area contributed by atoms with Crippen LogP contribution in [-0.4, -0.2) is 22.5 Å². The van der Waals surface area contributed by atoms with Crippen molar-refractivity contribution < 1.29 is 14.7 Å². The molecule has 2 aromatic rings. The van der Waals surface area contributed by atoms with Crippen LogP contribution in [0.25, 0.3) is 11.1 Å². The normalized spacial score (nSPS) is 16.0. The van der Waals surface area contributed by atoms with Crippen molar-refractivity contribution in [1.82, 2.24) is 5.32 Å². The first kappa shape index (κ1) is 15.3. The molecule has 0 aliphatic heterocycles. The smallest absolute Gasteiger partial charge is 0.329 e. The minimum atomic E-state index is -1.10. The van der Waals surface area contributed by atoms with Gasteiger partial charge in [0.05, 0.1) is 0 Å². The summed E-state index contributed by atoms with van der Waals surface area (Å²) in [5, 5.41) is 12.2. The van der Waals surface area contributed by atoms with Crippen LogP contribution in [-0.2, 0) is 4.79 Å². The van der Waals surface area contributed by atoms with Gasteiger partial charge in [0.25, 0.3) is 5.91 Å². The first-order valence-electron chi connectivity index (χ1n) is 7.82. The van der Waals surface area contributed by atoms with Gasteiger partial charge in [-0.25, -0.2) is 4.79 Å². The minimum absolute atomic E-state index is 0.325. The minimum Gasteiger partial charge on any atom is -0.480 e. The van der Waals surface area contributed by atoms with E-state index in [1.165, 1.54) is 0 Å². The Morgan fingerprint density at radius 3 is 2.00 bits per heavy atom. The van der Waals surface area contributed by atoms with E-state index in [1.54, 1.807) is 12.1 Å². The second-order valence-electron chi connectivity index (χ2n) is 5.99. The largest absolute Gasteiger partial charge is 0.480 e. The molecule has 4 heteroatoms. The van der Waals surface area contributed by atoms with E-state index in [0.29, 0.717) is 18.4 Å². The van der Waals surface area contributed by atoms with Gasteiger partial charge in [-0.1, -0.05) is 55.3 Å². The van der Waals surface area contributed by atoms with Gasteiger partial charge in [-0.3, -0.25) is 4.79 Å². The van der Waals surface area contributed by atoms with Crippen molar-refractivity contribution in [2.45, 2.75) is 31.2 Å². The molecule has 1 amide bonds. The third kappa shape index (κ3) is 3.11. The van der Waals surface area contributed by atoms with Crippen molar-refractivity contribution in [3.8, 4) is 11.1 Å². The molecule has 0 radical (unpaired) electrons. The number of hydrogen-bond acceptors (Lipinski definition) is 2. The zero-order valence-electron chi connectivity index (χ0n) is 12.8. The first-order chi connectivity index (χ1) is 11.1. The number of amides is 1. The van der Waals surface area contributed by atoms with Crippen molar-refractivity contribution in [3.05, 3.63) is 60.2 Å². The molecule has 0 saturated heterocycles. The fourth-order valence-electron chi connectivity index (χ4n) is 3.11. The number of aliphatic carboxylic acids is 1. The van der Waals surface area contributed by atoms with Crippen molar-refractivity contribution >= 4 is 11.9 Å². The van der Waals surface area contributed by atoms with Crippen molar-refractivity contribution in [1.29, 1.82) is 0 Å². The number of carbonyl (C=O) groups excluding carboxylic acids is 1. The fraction of sp³-hybridized carbons (Fsp3) is 0.263. The van der Waals surface area contributed by atoms with Crippen molar-refractivity contribution in [2.75, 3.05) is 0 Å². The lowest BCUT2D eigenvalue weighted by molar-refractivity contribution is -0.144. The number of hydrogen-bond donors (Lipinski definition) is 2. The molecule has 0 aromatic heterocycles. The lowest BCUT2D eigenvalue weighted by Crippen LogP contribution is -2.52. The van der Waals surface area contributed by atoms with E-state index in [4.69, 9.17) is 0 Å². The molecule has 0 bridgehead atoms. The van der Waals surface area contributed by atoms with Gasteiger partial charge in [0.1, 0.15) is 5.54 Å². The predicted octanol–water partition coefficient (Wildman–Crippen LogP) is 3.48. The van der Waals surface area contributed by atoms with E-state index >= 15 is 0 Å². The van der Waals surface area contributed by atoms with Crippen LogP contribution in [0.15, 0.2) is 54.6 Å². The number of carboxylic acid groups (broad SMARTS) is 1. The lowest BCUT2D eigenvalue weighted by atomic mass is 9.97. The van der Waals surface area contributed by atoms with E-state index in [0.717, 1.165) is 24.0 Å². The molecule has 1 aliphatic rings. The summed E-state index contributed by atoms with van der Waals surface area (Å²) in [6.07, 6.45) is 2.66. The molecule has 1 aliphatic carbocycles. The standard InChI is InChI=1S/C19H19NO3/c21-17(20-19(18(22)23)12-4-5-13-19)16-10-8-15(9-11-16)14-6-2-1-3-7-14/h1-3,6-11H,4-5,12-13H2,(H,20,21)(H,22,23). The molecule has 1 saturated carbocycles. The maximum Gasteiger partial charge on any atom is 0.329 e. The highest BCUT2D eigenvalue weighted by molar-refractivity contribution is 5.98. The van der Waals surface area contributed by atoms with Crippen molar-refractivity contribution in [3.63, 3.8) is 0 Å². The number of carboxylic acids is 1. The van der Waals surface area contributed by atoms with E-state index in [9.17, 15) is 14.7 Å². The van der Waals surface area contributed by atoms with Gasteiger partial charge in [0.2, 0.25) is 0 Å². The summed E-state index contributed by atoms with van der Waals surface area (Å²) in [5.41, 5.74) is 1.49. The predicted molar refractivity (Wildman–Crippen MR) is 88.2 cm³/mol. The molecule has 0 spiro atoms. The van der Waals surface area contributed by atoms with Crippen LogP contribution in [0.2, 0.25) is 0 Å². The van der Waals surface area contributed by atoms with E-state index in [2.05, 4.69) is 5.32 Å². The Morgan fingerprint density at radius 2 is 1.43 bits per heavy atom. The summed E-state index contributed by atoms with van der Waals surface area (Å²) in [6, 6.07) is 17.1. The highest BCUT2D eigenvalue weighted by atomic mass is 16.4. The van der Waals surface area contributed by atoms with Gasteiger partial charge in [-0.2, -0.15) is 0 Å². The van der Waals surface area contributed by atoms with Crippen LogP contribution >= 0.6 is 0 Å². The monoisotopic (exact) mass is 309 g/mol. The maximum atomic E-state index is 12.4. The summed E-state index contributed by atoms with van der Waals surface area (Å²) in [4.78, 5) is 23.9. The molecule has 2 N–H and O–H groups in total. The Hall–Kier alpha value is -2.62. The summed E-state index contributed by atoms with van der Waals surface area (Å²) < 4.78 is 0. The average molecular weight is 309 g/mol. The van der Waals surface area contributed by atoms with Crippen LogP contribution in [0.4, 0.5) is 0 Å². The molecule has 0 atom stereocenters. The number of carbonyl (C=O) groups is 2. The Bertz CT molecular complexity index is 701. The van der Waals surface area contributed by atoms with E-state index < -0.39 is 11.5 Å². The van der Waals surface area contributed by atoms with Gasteiger partial charge < -0.3 is 10.4 Å². The molecule has 1 fully saturated rings. The summed E-state index contributed by atoms with van der Waals surface area (Å²) in [6.45, 7) is 0. The number of nitrogens with one attached hydrogen (secondary N) is 1. The van der Waals surface area contributed by atoms with Crippen molar-refractivity contribution in [2.24, 2.45) is 0 Å². The second kappa shape index (κ2) is 6.24. The maximum absolute atomic E-state index is 12.4. The topological polar surface area (TPSA) is 66.4 Å². The van der Waals surface area contributed by atoms with Crippen LogP contribution in [0.5, 0.6) is 0 Å². The van der Waals surface area contributed by atoms with Gasteiger partial charge >= 0.3 is 5.97 Å². The molecular formula is C19H19NO3. The highest BCUT2D eigenvalue weighted by Gasteiger charge is 2.42. The van der Waals surface area contributed by atoms with Crippen LogP contribution in [0.1, 0.15) is 36.0 Å². The number of benzene rings is 2. The molecule has 0 heterocycles. The molecule has 3 rings (SSSR count). The van der Waals surface area contributed by atoms with Crippen LogP contribution < -0.4 is 5.32 Å². The van der Waals surface area contributed by atoms with Gasteiger partial charge in [-0.15, -0.1) is 0 Å². The zero-order valence-corrected chi connectivity index (χ0v) is 12.8. The Balaban J connectivity index is 1.77. The molecule has 23 heavy (non-hydrogen) atoms. The first-order valence-corrected chi connectivity index (χ1v) is 7.82. The van der Waals surface area contributed by atoms with E-state index in [1.807, 2.05) is 42.5 Å². The van der Waals surface area contributed by atoms with Crippen LogP contribution in [0, 0.1) is 0 Å². The quantitative estimate of drug-likeness (QED) is 0.908. The summed E-state index contributed by atoms with van der Waals surface area (Å²) in [7, 11) is 0. The summed E-state index contributed by atoms with van der Waals surface area (Å²) in [5.74, 6) is -1.27. The molecule has 2 aromatic carbocycles. The van der Waals surface area contributed by atoms with Gasteiger partial charge in [0, 0.05) is 5.56 Å². The average Bonchev–Trinajstić information content (AvgIpc) is 3.06. The molecule has 0 unspecified atom stereocenters. The summed E-state index contributed by atoms with van der Waals surface area (Å²) >= 11 is 0. The van der Waals surface area contributed by atoms with Gasteiger partial charge in [0.15, 0.2) is 0 Å². The third-order valence-electron chi connectivity index (χ3n) is 4.47. The van der Waals surface area contributed by atoms with Gasteiger partial charge in [-0.05, 0) is 36.1 Å². The highest BCUT2D eigenvalue weighted by Crippen LogP contribution is 2.30.